The molecule has 0 unspecified atom stereocenters. The van der Waals surface area contributed by atoms with Gasteiger partial charge in [-0.3, -0.25) is 14.8 Å². The number of hydrogen-bond acceptors (Lipinski definition) is 7. The molecule has 0 saturated heterocycles. The minimum absolute atomic E-state index is 0.0761. The molecule has 2 aromatic heterocycles. The lowest BCUT2D eigenvalue weighted by atomic mass is 10.4. The number of nitro groups is 1. The van der Waals surface area contributed by atoms with Crippen LogP contribution in [-0.2, 0) is 7.05 Å². The highest BCUT2D eigenvalue weighted by atomic mass is 32.2. The van der Waals surface area contributed by atoms with E-state index in [1.165, 1.54) is 11.8 Å². The predicted molar refractivity (Wildman–Crippen MR) is 75.0 cm³/mol. The quantitative estimate of drug-likeness (QED) is 0.522. The lowest BCUT2D eigenvalue weighted by Crippen LogP contribution is -2.05. The van der Waals surface area contributed by atoms with Crippen molar-refractivity contribution in [2.45, 2.75) is 23.9 Å². The SMILES string of the molecule is CNc1nc(C)c([N+](=O)[O-])c(Sc2cc(C)nn2C)n1. The van der Waals surface area contributed by atoms with Gasteiger partial charge in [-0.25, -0.2) is 4.98 Å². The van der Waals surface area contributed by atoms with Gasteiger partial charge in [0.1, 0.15) is 10.7 Å². The molecule has 2 rings (SSSR count). The van der Waals surface area contributed by atoms with Gasteiger partial charge in [0.2, 0.25) is 5.95 Å². The van der Waals surface area contributed by atoms with Gasteiger partial charge < -0.3 is 5.32 Å². The molecule has 106 valence electrons. The fourth-order valence-corrected chi connectivity index (χ4v) is 2.77. The van der Waals surface area contributed by atoms with E-state index in [-0.39, 0.29) is 5.69 Å². The minimum atomic E-state index is -0.458. The van der Waals surface area contributed by atoms with Crippen molar-refractivity contribution in [3.63, 3.8) is 0 Å². The first kappa shape index (κ1) is 14.3. The molecule has 0 aliphatic rings. The molecular weight excluding hydrogens is 280 g/mol. The Labute approximate surface area is 119 Å². The van der Waals surface area contributed by atoms with E-state index >= 15 is 0 Å². The average molecular weight is 294 g/mol. The van der Waals surface area contributed by atoms with Crippen LogP contribution >= 0.6 is 11.8 Å². The molecule has 0 aliphatic carbocycles. The number of nitrogens with zero attached hydrogens (tertiary/aromatic N) is 5. The summed E-state index contributed by atoms with van der Waals surface area (Å²) in [6.45, 7) is 3.46. The standard InChI is InChI=1S/C11H14N6O2S/c1-6-5-8(16(4)15-6)20-10-9(17(18)19)7(2)13-11(12-3)14-10/h5H,1-4H3,(H,12,13,14). The van der Waals surface area contributed by atoms with Crippen LogP contribution in [0.3, 0.4) is 0 Å². The third-order valence-corrected chi connectivity index (χ3v) is 3.66. The number of aryl methyl sites for hydroxylation is 3. The third-order valence-electron chi connectivity index (χ3n) is 2.59. The summed E-state index contributed by atoms with van der Waals surface area (Å²) in [6.07, 6.45) is 0. The first-order valence-corrected chi connectivity index (χ1v) is 6.63. The topological polar surface area (TPSA) is 98.8 Å². The second kappa shape index (κ2) is 5.45. The molecule has 0 saturated carbocycles. The van der Waals surface area contributed by atoms with E-state index in [0.717, 1.165) is 10.7 Å². The summed E-state index contributed by atoms with van der Waals surface area (Å²) >= 11 is 1.20. The second-order valence-corrected chi connectivity index (χ2v) is 5.15. The first-order chi connectivity index (χ1) is 9.42. The molecule has 0 spiro atoms. The monoisotopic (exact) mass is 294 g/mol. The molecule has 0 bridgehead atoms. The van der Waals surface area contributed by atoms with Crippen LogP contribution in [0.2, 0.25) is 0 Å². The number of nitrogens with one attached hydrogen (secondary N) is 1. The first-order valence-electron chi connectivity index (χ1n) is 5.81. The molecule has 0 radical (unpaired) electrons. The van der Waals surface area contributed by atoms with Gasteiger partial charge in [-0.05, 0) is 31.7 Å². The second-order valence-electron chi connectivity index (χ2n) is 4.14. The maximum Gasteiger partial charge on any atom is 0.322 e. The molecule has 8 nitrogen and oxygen atoms in total. The molecule has 0 aromatic carbocycles. The largest absolute Gasteiger partial charge is 0.357 e. The Bertz CT molecular complexity index is 669. The minimum Gasteiger partial charge on any atom is -0.357 e. The van der Waals surface area contributed by atoms with Crippen LogP contribution in [0.5, 0.6) is 0 Å². The molecule has 0 atom stereocenters. The molecule has 9 heteroatoms. The van der Waals surface area contributed by atoms with Gasteiger partial charge in [-0.2, -0.15) is 10.1 Å². The van der Waals surface area contributed by atoms with E-state index < -0.39 is 4.92 Å². The molecule has 2 heterocycles. The van der Waals surface area contributed by atoms with Crippen molar-refractivity contribution >= 4 is 23.4 Å². The fourth-order valence-electron chi connectivity index (χ4n) is 1.72. The number of anilines is 1. The highest BCUT2D eigenvalue weighted by Crippen LogP contribution is 2.35. The maximum absolute atomic E-state index is 11.2. The molecule has 0 amide bonds. The van der Waals surface area contributed by atoms with Gasteiger partial charge >= 0.3 is 5.69 Å². The van der Waals surface area contributed by atoms with Crippen LogP contribution in [0.1, 0.15) is 11.4 Å². The predicted octanol–water partition coefficient (Wildman–Crippen LogP) is 1.93. The lowest BCUT2D eigenvalue weighted by Gasteiger charge is -2.06. The van der Waals surface area contributed by atoms with Gasteiger partial charge in [0.15, 0.2) is 5.03 Å². The summed E-state index contributed by atoms with van der Waals surface area (Å²) in [5.74, 6) is 0.356. The van der Waals surface area contributed by atoms with Crippen LogP contribution < -0.4 is 5.32 Å². The van der Waals surface area contributed by atoms with E-state index in [9.17, 15) is 10.1 Å². The van der Waals surface area contributed by atoms with Crippen molar-refractivity contribution in [3.8, 4) is 0 Å². The van der Waals surface area contributed by atoms with Crippen molar-refractivity contribution in [2.75, 3.05) is 12.4 Å². The van der Waals surface area contributed by atoms with E-state index in [1.807, 2.05) is 13.0 Å². The van der Waals surface area contributed by atoms with Crippen molar-refractivity contribution < 1.29 is 4.92 Å². The van der Waals surface area contributed by atoms with Crippen LogP contribution in [0.25, 0.3) is 0 Å². The average Bonchev–Trinajstić information content (AvgIpc) is 2.66. The molecule has 1 N–H and O–H groups in total. The van der Waals surface area contributed by atoms with E-state index in [0.29, 0.717) is 16.7 Å². The number of hydrogen-bond donors (Lipinski definition) is 1. The summed E-state index contributed by atoms with van der Waals surface area (Å²) in [5, 5.41) is 19.3. The Kier molecular flexibility index (Phi) is 3.89. The third kappa shape index (κ3) is 2.72. The van der Waals surface area contributed by atoms with Crippen molar-refractivity contribution in [1.82, 2.24) is 19.7 Å². The number of rotatable bonds is 4. The maximum atomic E-state index is 11.2. The van der Waals surface area contributed by atoms with Gasteiger partial charge in [-0.1, -0.05) is 0 Å². The Hall–Kier alpha value is -2.16. The van der Waals surface area contributed by atoms with Crippen LogP contribution in [0.15, 0.2) is 16.1 Å². The highest BCUT2D eigenvalue weighted by molar-refractivity contribution is 7.99. The van der Waals surface area contributed by atoms with Crippen LogP contribution in [-0.4, -0.2) is 31.7 Å². The summed E-state index contributed by atoms with van der Waals surface area (Å²) in [7, 11) is 3.46. The molecular formula is C11H14N6O2S. The number of aromatic nitrogens is 4. The van der Waals surface area contributed by atoms with Gasteiger partial charge in [0.25, 0.3) is 0 Å². The lowest BCUT2D eigenvalue weighted by molar-refractivity contribution is -0.389. The zero-order valence-electron chi connectivity index (χ0n) is 11.5. The Morgan fingerprint density at radius 2 is 2.10 bits per heavy atom. The van der Waals surface area contributed by atoms with Crippen LogP contribution in [0, 0.1) is 24.0 Å². The van der Waals surface area contributed by atoms with Gasteiger partial charge in [-0.15, -0.1) is 0 Å². The van der Waals surface area contributed by atoms with Gasteiger partial charge in [0.05, 0.1) is 10.6 Å². The highest BCUT2D eigenvalue weighted by Gasteiger charge is 2.23. The fraction of sp³-hybridized carbons (Fsp3) is 0.364. The van der Waals surface area contributed by atoms with E-state index in [2.05, 4.69) is 20.4 Å². The summed E-state index contributed by atoms with van der Waals surface area (Å²) < 4.78 is 1.67. The van der Waals surface area contributed by atoms with Crippen LogP contribution in [0.4, 0.5) is 11.6 Å². The summed E-state index contributed by atoms with van der Waals surface area (Å²) in [4.78, 5) is 19.0. The van der Waals surface area contributed by atoms with E-state index in [1.54, 1.807) is 25.7 Å². The zero-order valence-corrected chi connectivity index (χ0v) is 12.4. The zero-order chi connectivity index (χ0) is 14.9. The molecule has 0 fully saturated rings. The van der Waals surface area contributed by atoms with E-state index in [4.69, 9.17) is 0 Å². The Morgan fingerprint density at radius 1 is 1.40 bits per heavy atom. The Morgan fingerprint density at radius 3 is 2.60 bits per heavy atom. The van der Waals surface area contributed by atoms with Crippen molar-refractivity contribution in [1.29, 1.82) is 0 Å². The molecule has 20 heavy (non-hydrogen) atoms. The molecule has 0 aliphatic heterocycles. The van der Waals surface area contributed by atoms with Crippen molar-refractivity contribution in [3.05, 3.63) is 27.6 Å². The summed E-state index contributed by atoms with van der Waals surface area (Å²) in [6, 6.07) is 1.85. The van der Waals surface area contributed by atoms with Crippen molar-refractivity contribution in [2.24, 2.45) is 7.05 Å². The summed E-state index contributed by atoms with van der Waals surface area (Å²) in [5.41, 5.74) is 1.10. The van der Waals surface area contributed by atoms with Gasteiger partial charge in [0, 0.05) is 14.1 Å². The Balaban J connectivity index is 2.51. The smallest absolute Gasteiger partial charge is 0.322 e. The normalized spacial score (nSPS) is 10.6. The molecule has 2 aromatic rings.